The number of phenolic OH excluding ortho intramolecular Hbond substituents is 1. The maximum absolute atomic E-state index is 12.4. The first-order chi connectivity index (χ1) is 9.93. The van der Waals surface area contributed by atoms with E-state index < -0.39 is 9.84 Å². The molecule has 0 bridgehead atoms. The number of benzene rings is 2. The van der Waals surface area contributed by atoms with Crippen LogP contribution in [0.25, 0.3) is 6.08 Å². The highest BCUT2D eigenvalue weighted by Gasteiger charge is 2.20. The zero-order valence-corrected chi connectivity index (χ0v) is 12.1. The smallest absolute Gasteiger partial charge is 0.216 e. The molecule has 0 atom stereocenters. The Morgan fingerprint density at radius 3 is 2.43 bits per heavy atom. The lowest BCUT2D eigenvalue weighted by molar-refractivity contribution is 0.475. The molecule has 0 radical (unpaired) electrons. The Balaban J connectivity index is 2.50. The highest BCUT2D eigenvalue weighted by molar-refractivity contribution is 7.95. The number of rotatable bonds is 3. The predicted octanol–water partition coefficient (Wildman–Crippen LogP) is 3.04. The first-order valence-electron chi connectivity index (χ1n) is 6.16. The summed E-state index contributed by atoms with van der Waals surface area (Å²) in [6.45, 7) is 1.85. The van der Waals surface area contributed by atoms with Crippen LogP contribution in [0.15, 0.2) is 58.3 Å². The molecule has 21 heavy (non-hydrogen) atoms. The molecule has 0 saturated heterocycles. The van der Waals surface area contributed by atoms with Gasteiger partial charge >= 0.3 is 0 Å². The van der Waals surface area contributed by atoms with Gasteiger partial charge in [0.1, 0.15) is 16.7 Å². The van der Waals surface area contributed by atoms with Crippen LogP contribution in [0.2, 0.25) is 0 Å². The number of allylic oxidation sites excluding steroid dienone is 1. The molecule has 0 aliphatic heterocycles. The zero-order chi connectivity index (χ0) is 15.5. The molecule has 0 unspecified atom stereocenters. The molecule has 2 rings (SSSR count). The monoisotopic (exact) mass is 299 g/mol. The topological polar surface area (TPSA) is 78.2 Å². The first kappa shape index (κ1) is 14.8. The maximum atomic E-state index is 12.4. The number of hydrogen-bond donors (Lipinski definition) is 1. The van der Waals surface area contributed by atoms with Crippen molar-refractivity contribution in [2.45, 2.75) is 11.8 Å². The Morgan fingerprint density at radius 2 is 1.86 bits per heavy atom. The number of sulfone groups is 1. The Kier molecular flexibility index (Phi) is 4.10. The van der Waals surface area contributed by atoms with Crippen LogP contribution in [0.5, 0.6) is 5.75 Å². The van der Waals surface area contributed by atoms with Crippen LogP contribution in [-0.4, -0.2) is 13.5 Å². The van der Waals surface area contributed by atoms with Gasteiger partial charge in [-0.1, -0.05) is 29.8 Å². The summed E-state index contributed by atoms with van der Waals surface area (Å²) in [7, 11) is -3.86. The number of hydrogen-bond acceptors (Lipinski definition) is 4. The van der Waals surface area contributed by atoms with Crippen molar-refractivity contribution in [2.75, 3.05) is 0 Å². The molecule has 2 aromatic rings. The van der Waals surface area contributed by atoms with E-state index in [0.29, 0.717) is 5.56 Å². The van der Waals surface area contributed by atoms with Crippen LogP contribution in [0.1, 0.15) is 11.1 Å². The number of nitrogens with zero attached hydrogens (tertiary/aromatic N) is 1. The van der Waals surface area contributed by atoms with Crippen LogP contribution >= 0.6 is 0 Å². The van der Waals surface area contributed by atoms with Gasteiger partial charge in [-0.2, -0.15) is 5.26 Å². The number of aromatic hydroxyl groups is 1. The van der Waals surface area contributed by atoms with Gasteiger partial charge in [-0.3, -0.25) is 0 Å². The fourth-order valence-corrected chi connectivity index (χ4v) is 2.94. The minimum Gasteiger partial charge on any atom is -0.508 e. The van der Waals surface area contributed by atoms with E-state index in [1.165, 1.54) is 30.3 Å². The van der Waals surface area contributed by atoms with Gasteiger partial charge in [-0.15, -0.1) is 0 Å². The third-order valence-corrected chi connectivity index (χ3v) is 4.58. The van der Waals surface area contributed by atoms with E-state index in [-0.39, 0.29) is 15.6 Å². The Bertz CT molecular complexity index is 829. The number of aryl methyl sites for hydroxylation is 1. The second-order valence-electron chi connectivity index (χ2n) is 4.53. The summed E-state index contributed by atoms with van der Waals surface area (Å²) < 4.78 is 24.8. The van der Waals surface area contributed by atoms with E-state index >= 15 is 0 Å². The predicted molar refractivity (Wildman–Crippen MR) is 80.1 cm³/mol. The van der Waals surface area contributed by atoms with Gasteiger partial charge in [0, 0.05) is 0 Å². The van der Waals surface area contributed by atoms with Gasteiger partial charge in [0.15, 0.2) is 0 Å². The van der Waals surface area contributed by atoms with Gasteiger partial charge in [-0.25, -0.2) is 8.42 Å². The standard InChI is InChI=1S/C16H13NO3S/c1-12-5-7-15(8-6-12)21(19,20)16(11-17)10-13-3-2-4-14(18)9-13/h2-10,18H,1H3/b16-10-. The van der Waals surface area contributed by atoms with Crippen LogP contribution in [0, 0.1) is 18.3 Å². The molecule has 0 spiro atoms. The lowest BCUT2D eigenvalue weighted by Crippen LogP contribution is -2.03. The second-order valence-corrected chi connectivity index (χ2v) is 6.45. The molecular formula is C16H13NO3S. The molecule has 0 fully saturated rings. The summed E-state index contributed by atoms with van der Waals surface area (Å²) in [5.74, 6) is 0.00812. The quantitative estimate of drug-likeness (QED) is 0.884. The molecule has 0 saturated carbocycles. The summed E-state index contributed by atoms with van der Waals surface area (Å²) in [4.78, 5) is -0.294. The minimum absolute atomic E-state index is 0.00812. The normalized spacial score (nSPS) is 11.9. The molecule has 4 nitrogen and oxygen atoms in total. The fourth-order valence-electron chi connectivity index (χ4n) is 1.78. The van der Waals surface area contributed by atoms with Gasteiger partial charge in [-0.05, 0) is 42.8 Å². The Hall–Kier alpha value is -2.58. The second kappa shape index (κ2) is 5.81. The summed E-state index contributed by atoms with van der Waals surface area (Å²) in [5, 5.41) is 18.5. The van der Waals surface area contributed by atoms with Crippen molar-refractivity contribution < 1.29 is 13.5 Å². The molecule has 0 amide bonds. The first-order valence-corrected chi connectivity index (χ1v) is 7.64. The molecule has 0 aliphatic carbocycles. The molecule has 0 heterocycles. The fraction of sp³-hybridized carbons (Fsp3) is 0.0625. The molecule has 2 aromatic carbocycles. The van der Waals surface area contributed by atoms with Crippen molar-refractivity contribution >= 4 is 15.9 Å². The van der Waals surface area contributed by atoms with Crippen molar-refractivity contribution in [3.8, 4) is 11.8 Å². The maximum Gasteiger partial charge on any atom is 0.216 e. The summed E-state index contributed by atoms with van der Waals surface area (Å²) >= 11 is 0. The highest BCUT2D eigenvalue weighted by atomic mass is 32.2. The van der Waals surface area contributed by atoms with Crippen molar-refractivity contribution in [3.05, 3.63) is 64.6 Å². The SMILES string of the molecule is Cc1ccc(S(=O)(=O)/C(C#N)=C\c2cccc(O)c2)cc1. The van der Waals surface area contributed by atoms with Gasteiger partial charge in [0.25, 0.3) is 0 Å². The lowest BCUT2D eigenvalue weighted by atomic mass is 10.2. The third kappa shape index (κ3) is 3.30. The van der Waals surface area contributed by atoms with Crippen LogP contribution < -0.4 is 0 Å². The summed E-state index contributed by atoms with van der Waals surface area (Å²) in [5.41, 5.74) is 1.38. The summed E-state index contributed by atoms with van der Waals surface area (Å²) in [6, 6.07) is 14.1. The third-order valence-electron chi connectivity index (χ3n) is 2.90. The van der Waals surface area contributed by atoms with Crippen molar-refractivity contribution in [1.82, 2.24) is 0 Å². The van der Waals surface area contributed by atoms with Crippen LogP contribution in [0.4, 0.5) is 0 Å². The van der Waals surface area contributed by atoms with E-state index in [9.17, 15) is 13.5 Å². The molecule has 5 heteroatoms. The molecule has 0 aliphatic rings. The van der Waals surface area contributed by atoms with Crippen molar-refractivity contribution in [2.24, 2.45) is 0 Å². The molecular weight excluding hydrogens is 286 g/mol. The number of phenols is 1. The van der Waals surface area contributed by atoms with Gasteiger partial charge in [0.05, 0.1) is 4.90 Å². The van der Waals surface area contributed by atoms with Crippen molar-refractivity contribution in [1.29, 1.82) is 5.26 Å². The Morgan fingerprint density at radius 1 is 1.19 bits per heavy atom. The summed E-state index contributed by atoms with van der Waals surface area (Å²) in [6.07, 6.45) is 1.24. The highest BCUT2D eigenvalue weighted by Crippen LogP contribution is 2.22. The molecule has 1 N–H and O–H groups in total. The van der Waals surface area contributed by atoms with E-state index in [1.54, 1.807) is 30.3 Å². The lowest BCUT2D eigenvalue weighted by Gasteiger charge is -2.04. The largest absolute Gasteiger partial charge is 0.508 e. The average Bonchev–Trinajstić information content (AvgIpc) is 2.45. The van der Waals surface area contributed by atoms with Crippen LogP contribution in [-0.2, 0) is 9.84 Å². The Labute approximate surface area is 123 Å². The van der Waals surface area contributed by atoms with E-state index in [1.807, 2.05) is 6.92 Å². The zero-order valence-electron chi connectivity index (χ0n) is 11.3. The van der Waals surface area contributed by atoms with Gasteiger partial charge < -0.3 is 5.11 Å². The van der Waals surface area contributed by atoms with Gasteiger partial charge in [0.2, 0.25) is 9.84 Å². The number of nitriles is 1. The van der Waals surface area contributed by atoms with E-state index in [2.05, 4.69) is 0 Å². The van der Waals surface area contributed by atoms with Crippen LogP contribution in [0.3, 0.4) is 0 Å². The average molecular weight is 299 g/mol. The minimum atomic E-state index is -3.86. The van der Waals surface area contributed by atoms with Crippen molar-refractivity contribution in [3.63, 3.8) is 0 Å². The van der Waals surface area contributed by atoms with E-state index in [0.717, 1.165) is 5.56 Å². The molecule has 0 aromatic heterocycles. The molecule has 106 valence electrons. The van der Waals surface area contributed by atoms with E-state index in [4.69, 9.17) is 5.26 Å².